The maximum atomic E-state index is 12.6. The molecule has 29 heavy (non-hydrogen) atoms. The predicted molar refractivity (Wildman–Crippen MR) is 115 cm³/mol. The molecule has 0 aliphatic rings. The summed E-state index contributed by atoms with van der Waals surface area (Å²) in [5.41, 5.74) is 3.41. The SMILES string of the molecule is Cc1cccc(Oc2ccccc2NC(=O)Cc2csc(-c3cccnc3)n2)c1. The average molecular weight is 401 g/mol. The summed E-state index contributed by atoms with van der Waals surface area (Å²) in [5.74, 6) is 1.18. The van der Waals surface area contributed by atoms with Gasteiger partial charge in [0.2, 0.25) is 5.91 Å². The van der Waals surface area contributed by atoms with E-state index < -0.39 is 0 Å². The van der Waals surface area contributed by atoms with Gasteiger partial charge in [-0.05, 0) is 48.9 Å². The van der Waals surface area contributed by atoms with Crippen LogP contribution in [0.15, 0.2) is 78.4 Å². The van der Waals surface area contributed by atoms with Crippen LogP contribution in [0.1, 0.15) is 11.3 Å². The van der Waals surface area contributed by atoms with Gasteiger partial charge in [0, 0.05) is 23.3 Å². The second-order valence-corrected chi connectivity index (χ2v) is 7.38. The minimum atomic E-state index is -0.145. The number of ether oxygens (including phenoxy) is 1. The lowest BCUT2D eigenvalue weighted by atomic mass is 10.2. The van der Waals surface area contributed by atoms with Crippen molar-refractivity contribution in [3.05, 3.63) is 89.7 Å². The van der Waals surface area contributed by atoms with Gasteiger partial charge >= 0.3 is 0 Å². The van der Waals surface area contributed by atoms with Crippen LogP contribution >= 0.6 is 11.3 Å². The predicted octanol–water partition coefficient (Wildman–Crippen LogP) is 5.49. The van der Waals surface area contributed by atoms with Crippen LogP contribution in [0.3, 0.4) is 0 Å². The summed E-state index contributed by atoms with van der Waals surface area (Å²) in [6.07, 6.45) is 3.68. The minimum absolute atomic E-state index is 0.145. The van der Waals surface area contributed by atoms with Gasteiger partial charge < -0.3 is 10.1 Å². The van der Waals surface area contributed by atoms with Crippen molar-refractivity contribution in [3.63, 3.8) is 0 Å². The zero-order valence-corrected chi connectivity index (χ0v) is 16.6. The third-order valence-electron chi connectivity index (χ3n) is 4.18. The Morgan fingerprint density at radius 2 is 2.00 bits per heavy atom. The fourth-order valence-corrected chi connectivity index (χ4v) is 3.64. The van der Waals surface area contributed by atoms with Gasteiger partial charge in [0.1, 0.15) is 10.8 Å². The number of benzene rings is 2. The van der Waals surface area contributed by atoms with E-state index in [1.165, 1.54) is 11.3 Å². The summed E-state index contributed by atoms with van der Waals surface area (Å²) in [6, 6.07) is 19.0. The maximum Gasteiger partial charge on any atom is 0.230 e. The van der Waals surface area contributed by atoms with Gasteiger partial charge in [0.25, 0.3) is 0 Å². The number of para-hydroxylation sites is 2. The van der Waals surface area contributed by atoms with E-state index in [1.54, 1.807) is 12.4 Å². The first-order valence-corrected chi connectivity index (χ1v) is 10.0. The molecule has 0 bridgehead atoms. The van der Waals surface area contributed by atoms with Crippen molar-refractivity contribution < 1.29 is 9.53 Å². The summed E-state index contributed by atoms with van der Waals surface area (Å²) < 4.78 is 5.97. The lowest BCUT2D eigenvalue weighted by Crippen LogP contribution is -2.15. The zero-order chi connectivity index (χ0) is 20.1. The number of nitrogens with zero attached hydrogens (tertiary/aromatic N) is 2. The highest BCUT2D eigenvalue weighted by atomic mass is 32.1. The molecule has 0 radical (unpaired) electrons. The number of pyridine rings is 1. The van der Waals surface area contributed by atoms with E-state index in [0.29, 0.717) is 11.4 Å². The number of amides is 1. The molecule has 1 amide bonds. The standard InChI is InChI=1S/C23H19N3O2S/c1-16-6-4-8-19(12-16)28-21-10-3-2-9-20(21)26-22(27)13-18-15-29-23(25-18)17-7-5-11-24-14-17/h2-12,14-15H,13H2,1H3,(H,26,27). The van der Waals surface area contributed by atoms with Gasteiger partial charge in [-0.15, -0.1) is 11.3 Å². The van der Waals surface area contributed by atoms with Crippen LogP contribution in [-0.2, 0) is 11.2 Å². The molecule has 0 atom stereocenters. The van der Waals surface area contributed by atoms with Gasteiger partial charge in [-0.1, -0.05) is 24.3 Å². The lowest BCUT2D eigenvalue weighted by molar-refractivity contribution is -0.115. The second-order valence-electron chi connectivity index (χ2n) is 6.53. The maximum absolute atomic E-state index is 12.6. The Bertz CT molecular complexity index is 1130. The van der Waals surface area contributed by atoms with E-state index in [9.17, 15) is 4.79 Å². The molecule has 0 saturated carbocycles. The molecule has 1 N–H and O–H groups in total. The molecule has 0 aliphatic heterocycles. The normalized spacial score (nSPS) is 10.5. The van der Waals surface area contributed by atoms with E-state index in [-0.39, 0.29) is 12.3 Å². The van der Waals surface area contributed by atoms with Crippen molar-refractivity contribution >= 4 is 22.9 Å². The number of rotatable bonds is 6. The molecule has 2 heterocycles. The van der Waals surface area contributed by atoms with Crippen molar-refractivity contribution in [1.82, 2.24) is 9.97 Å². The van der Waals surface area contributed by atoms with Crippen LogP contribution in [0.5, 0.6) is 11.5 Å². The monoisotopic (exact) mass is 401 g/mol. The van der Waals surface area contributed by atoms with Crippen LogP contribution in [0.4, 0.5) is 5.69 Å². The van der Waals surface area contributed by atoms with Crippen molar-refractivity contribution in [2.75, 3.05) is 5.32 Å². The fourth-order valence-electron chi connectivity index (χ4n) is 2.83. The topological polar surface area (TPSA) is 64.1 Å². The molecule has 2 aromatic heterocycles. The molecule has 144 valence electrons. The zero-order valence-electron chi connectivity index (χ0n) is 15.8. The van der Waals surface area contributed by atoms with Gasteiger partial charge in [0.15, 0.2) is 5.75 Å². The largest absolute Gasteiger partial charge is 0.455 e. The second kappa shape index (κ2) is 8.67. The molecule has 5 nitrogen and oxygen atoms in total. The average Bonchev–Trinajstić information content (AvgIpc) is 3.18. The Hall–Kier alpha value is -3.51. The Morgan fingerprint density at radius 3 is 2.83 bits per heavy atom. The molecule has 4 aromatic rings. The lowest BCUT2D eigenvalue weighted by Gasteiger charge is -2.12. The molecular weight excluding hydrogens is 382 g/mol. The number of aromatic nitrogens is 2. The summed E-state index contributed by atoms with van der Waals surface area (Å²) in [4.78, 5) is 21.2. The minimum Gasteiger partial charge on any atom is -0.455 e. The molecule has 6 heteroatoms. The number of aryl methyl sites for hydroxylation is 1. The van der Waals surface area contributed by atoms with E-state index in [0.717, 1.165) is 27.6 Å². The molecule has 0 spiro atoms. The number of nitrogens with one attached hydrogen (secondary N) is 1. The summed E-state index contributed by atoms with van der Waals surface area (Å²) >= 11 is 1.50. The highest BCUT2D eigenvalue weighted by Gasteiger charge is 2.12. The van der Waals surface area contributed by atoms with Crippen LogP contribution in [0.25, 0.3) is 10.6 Å². The van der Waals surface area contributed by atoms with E-state index in [2.05, 4.69) is 15.3 Å². The van der Waals surface area contributed by atoms with Crippen molar-refractivity contribution in [2.45, 2.75) is 13.3 Å². The molecule has 2 aromatic carbocycles. The van der Waals surface area contributed by atoms with Gasteiger partial charge in [-0.25, -0.2) is 4.98 Å². The van der Waals surface area contributed by atoms with Crippen LogP contribution in [0, 0.1) is 6.92 Å². The van der Waals surface area contributed by atoms with Gasteiger partial charge in [0.05, 0.1) is 17.8 Å². The van der Waals surface area contributed by atoms with Crippen molar-refractivity contribution in [1.29, 1.82) is 0 Å². The van der Waals surface area contributed by atoms with Crippen molar-refractivity contribution in [3.8, 4) is 22.1 Å². The number of hydrogen-bond donors (Lipinski definition) is 1. The van der Waals surface area contributed by atoms with E-state index in [1.807, 2.05) is 73.0 Å². The first-order valence-electron chi connectivity index (χ1n) is 9.15. The molecule has 0 saturated heterocycles. The van der Waals surface area contributed by atoms with E-state index in [4.69, 9.17) is 4.74 Å². The summed E-state index contributed by atoms with van der Waals surface area (Å²) in [7, 11) is 0. The Morgan fingerprint density at radius 1 is 1.10 bits per heavy atom. The molecule has 4 rings (SSSR count). The number of carbonyl (C=O) groups excluding carboxylic acids is 1. The number of hydrogen-bond acceptors (Lipinski definition) is 5. The highest BCUT2D eigenvalue weighted by molar-refractivity contribution is 7.13. The van der Waals surface area contributed by atoms with Crippen LogP contribution < -0.4 is 10.1 Å². The van der Waals surface area contributed by atoms with Gasteiger partial charge in [-0.3, -0.25) is 9.78 Å². The van der Waals surface area contributed by atoms with Crippen LogP contribution in [0.2, 0.25) is 0 Å². The number of carbonyl (C=O) groups is 1. The Kier molecular flexibility index (Phi) is 5.63. The smallest absolute Gasteiger partial charge is 0.230 e. The Balaban J connectivity index is 1.45. The highest BCUT2D eigenvalue weighted by Crippen LogP contribution is 2.30. The third-order valence-corrected chi connectivity index (χ3v) is 5.12. The summed E-state index contributed by atoms with van der Waals surface area (Å²) in [6.45, 7) is 2.01. The van der Waals surface area contributed by atoms with Crippen molar-refractivity contribution in [2.24, 2.45) is 0 Å². The fraction of sp³-hybridized carbons (Fsp3) is 0.0870. The Labute approximate surface area is 173 Å². The number of anilines is 1. The quantitative estimate of drug-likeness (QED) is 0.464. The third kappa shape index (κ3) is 4.86. The summed E-state index contributed by atoms with van der Waals surface area (Å²) in [5, 5.41) is 5.68. The first kappa shape index (κ1) is 18.8. The van der Waals surface area contributed by atoms with E-state index >= 15 is 0 Å². The first-order chi connectivity index (χ1) is 14.2. The molecule has 0 unspecified atom stereocenters. The van der Waals surface area contributed by atoms with Crippen LogP contribution in [-0.4, -0.2) is 15.9 Å². The molecule has 0 fully saturated rings. The molecule has 0 aliphatic carbocycles. The molecular formula is C23H19N3O2S. The number of thiazole rings is 1. The van der Waals surface area contributed by atoms with Gasteiger partial charge in [-0.2, -0.15) is 0 Å².